The fourth-order valence-corrected chi connectivity index (χ4v) is 2.11. The van der Waals surface area contributed by atoms with Crippen molar-refractivity contribution in [2.75, 3.05) is 27.0 Å². The van der Waals surface area contributed by atoms with Crippen LogP contribution in [0.5, 0.6) is 11.5 Å². The fraction of sp³-hybridized carbons (Fsp3) is 0.500. The average molecular weight is 241 g/mol. The fourth-order valence-electron chi connectivity index (χ4n) is 1.49. The number of hydrogen-bond donors (Lipinski definition) is 1. The molecule has 0 spiro atoms. The van der Waals surface area contributed by atoms with Gasteiger partial charge in [-0.15, -0.1) is 11.8 Å². The second kappa shape index (κ2) is 6.66. The Labute approximate surface area is 102 Å². The normalized spacial score (nSPS) is 10.2. The monoisotopic (exact) mass is 241 g/mol. The molecular weight excluding hydrogens is 222 g/mol. The molecule has 1 N–H and O–H groups in total. The van der Waals surface area contributed by atoms with Crippen LogP contribution in [0, 0.1) is 0 Å². The standard InChI is InChI=1S/C12H19NO2S/c1-5-13-8-9-6-10(14-2)11(15-3)7-12(9)16-4/h6-7,13H,5,8H2,1-4H3. The zero-order valence-electron chi connectivity index (χ0n) is 10.3. The van der Waals surface area contributed by atoms with Crippen LogP contribution in [0.3, 0.4) is 0 Å². The van der Waals surface area contributed by atoms with Gasteiger partial charge >= 0.3 is 0 Å². The molecule has 3 nitrogen and oxygen atoms in total. The Morgan fingerprint density at radius 1 is 1.19 bits per heavy atom. The van der Waals surface area contributed by atoms with Gasteiger partial charge in [-0.1, -0.05) is 6.92 Å². The van der Waals surface area contributed by atoms with E-state index in [1.807, 2.05) is 12.1 Å². The SMILES string of the molecule is CCNCc1cc(OC)c(OC)cc1SC. The van der Waals surface area contributed by atoms with Crippen LogP contribution in [-0.4, -0.2) is 27.0 Å². The lowest BCUT2D eigenvalue weighted by Gasteiger charge is -2.13. The highest BCUT2D eigenvalue weighted by molar-refractivity contribution is 7.98. The Bertz CT molecular complexity index is 342. The van der Waals surface area contributed by atoms with Gasteiger partial charge in [0.1, 0.15) is 0 Å². The molecule has 0 unspecified atom stereocenters. The summed E-state index contributed by atoms with van der Waals surface area (Å²) in [6.07, 6.45) is 2.07. The summed E-state index contributed by atoms with van der Waals surface area (Å²) in [5.41, 5.74) is 1.24. The van der Waals surface area contributed by atoms with Gasteiger partial charge in [-0.25, -0.2) is 0 Å². The lowest BCUT2D eigenvalue weighted by atomic mass is 10.2. The van der Waals surface area contributed by atoms with Gasteiger partial charge in [0.25, 0.3) is 0 Å². The summed E-state index contributed by atoms with van der Waals surface area (Å²) in [4.78, 5) is 1.22. The summed E-state index contributed by atoms with van der Waals surface area (Å²) in [6.45, 7) is 3.91. The first-order valence-corrected chi connectivity index (χ1v) is 6.48. The third-order valence-corrected chi connectivity index (χ3v) is 3.17. The molecule has 0 bridgehead atoms. The maximum Gasteiger partial charge on any atom is 0.161 e. The number of hydrogen-bond acceptors (Lipinski definition) is 4. The highest BCUT2D eigenvalue weighted by atomic mass is 32.2. The van der Waals surface area contributed by atoms with E-state index >= 15 is 0 Å². The molecule has 0 radical (unpaired) electrons. The lowest BCUT2D eigenvalue weighted by molar-refractivity contribution is 0.353. The summed E-state index contributed by atoms with van der Waals surface area (Å²) >= 11 is 1.72. The van der Waals surface area contributed by atoms with Crippen LogP contribution in [0.15, 0.2) is 17.0 Å². The predicted octanol–water partition coefficient (Wildman–Crippen LogP) is 2.54. The first-order valence-electron chi connectivity index (χ1n) is 5.26. The minimum atomic E-state index is 0.784. The third-order valence-electron chi connectivity index (χ3n) is 2.35. The Morgan fingerprint density at radius 2 is 1.81 bits per heavy atom. The highest BCUT2D eigenvalue weighted by Gasteiger charge is 2.09. The zero-order valence-corrected chi connectivity index (χ0v) is 11.1. The smallest absolute Gasteiger partial charge is 0.161 e. The van der Waals surface area contributed by atoms with Gasteiger partial charge in [-0.2, -0.15) is 0 Å². The van der Waals surface area contributed by atoms with Crippen molar-refractivity contribution in [3.8, 4) is 11.5 Å². The molecule has 1 aromatic carbocycles. The molecule has 1 rings (SSSR count). The molecule has 4 heteroatoms. The molecule has 0 aliphatic rings. The van der Waals surface area contributed by atoms with Crippen LogP contribution in [0.4, 0.5) is 0 Å². The van der Waals surface area contributed by atoms with Crippen LogP contribution < -0.4 is 14.8 Å². The van der Waals surface area contributed by atoms with Crippen molar-refractivity contribution in [2.24, 2.45) is 0 Å². The molecule has 1 aromatic rings. The van der Waals surface area contributed by atoms with Crippen LogP contribution >= 0.6 is 11.8 Å². The summed E-state index contributed by atoms with van der Waals surface area (Å²) in [6, 6.07) is 4.06. The van der Waals surface area contributed by atoms with E-state index < -0.39 is 0 Å². The van der Waals surface area contributed by atoms with Gasteiger partial charge in [0, 0.05) is 11.4 Å². The summed E-state index contributed by atoms with van der Waals surface area (Å²) in [7, 11) is 3.32. The van der Waals surface area contributed by atoms with E-state index in [1.165, 1.54) is 10.5 Å². The molecule has 0 amide bonds. The van der Waals surface area contributed by atoms with Crippen LogP contribution in [-0.2, 0) is 6.54 Å². The van der Waals surface area contributed by atoms with Crippen molar-refractivity contribution < 1.29 is 9.47 Å². The van der Waals surface area contributed by atoms with Crippen molar-refractivity contribution in [3.05, 3.63) is 17.7 Å². The van der Waals surface area contributed by atoms with Crippen molar-refractivity contribution in [1.82, 2.24) is 5.32 Å². The number of rotatable bonds is 6. The van der Waals surface area contributed by atoms with Crippen molar-refractivity contribution in [3.63, 3.8) is 0 Å². The Kier molecular flexibility index (Phi) is 5.49. The Morgan fingerprint density at radius 3 is 2.31 bits per heavy atom. The van der Waals surface area contributed by atoms with Gasteiger partial charge in [0.05, 0.1) is 14.2 Å². The maximum atomic E-state index is 5.29. The van der Waals surface area contributed by atoms with Crippen molar-refractivity contribution in [2.45, 2.75) is 18.4 Å². The maximum absolute atomic E-state index is 5.29. The largest absolute Gasteiger partial charge is 0.493 e. The lowest BCUT2D eigenvalue weighted by Crippen LogP contribution is -2.12. The van der Waals surface area contributed by atoms with Gasteiger partial charge in [-0.05, 0) is 30.5 Å². The minimum Gasteiger partial charge on any atom is -0.493 e. The molecule has 0 aliphatic heterocycles. The van der Waals surface area contributed by atoms with E-state index in [1.54, 1.807) is 26.0 Å². The number of benzene rings is 1. The molecule has 0 heterocycles. The average Bonchev–Trinajstić information content (AvgIpc) is 2.35. The molecule has 0 saturated heterocycles. The number of nitrogens with one attached hydrogen (secondary N) is 1. The molecular formula is C12H19NO2S. The van der Waals surface area contributed by atoms with E-state index in [4.69, 9.17) is 9.47 Å². The van der Waals surface area contributed by atoms with E-state index in [0.717, 1.165) is 24.6 Å². The van der Waals surface area contributed by atoms with E-state index in [2.05, 4.69) is 18.5 Å². The highest BCUT2D eigenvalue weighted by Crippen LogP contribution is 2.34. The van der Waals surface area contributed by atoms with Gasteiger partial charge in [0.15, 0.2) is 11.5 Å². The van der Waals surface area contributed by atoms with Gasteiger partial charge in [-0.3, -0.25) is 0 Å². The molecule has 90 valence electrons. The van der Waals surface area contributed by atoms with E-state index in [9.17, 15) is 0 Å². The molecule has 16 heavy (non-hydrogen) atoms. The van der Waals surface area contributed by atoms with E-state index in [-0.39, 0.29) is 0 Å². The van der Waals surface area contributed by atoms with Crippen LogP contribution in [0.2, 0.25) is 0 Å². The molecule has 0 fully saturated rings. The first-order chi connectivity index (χ1) is 7.76. The van der Waals surface area contributed by atoms with Crippen molar-refractivity contribution >= 4 is 11.8 Å². The van der Waals surface area contributed by atoms with Gasteiger partial charge in [0.2, 0.25) is 0 Å². The summed E-state index contributed by atoms with van der Waals surface area (Å²) in [5.74, 6) is 1.57. The zero-order chi connectivity index (χ0) is 12.0. The van der Waals surface area contributed by atoms with Crippen LogP contribution in [0.25, 0.3) is 0 Å². The van der Waals surface area contributed by atoms with Gasteiger partial charge < -0.3 is 14.8 Å². The minimum absolute atomic E-state index is 0.784. The first kappa shape index (κ1) is 13.2. The Balaban J connectivity index is 3.05. The third kappa shape index (κ3) is 3.06. The molecule has 0 atom stereocenters. The molecule has 0 saturated carbocycles. The summed E-state index contributed by atoms with van der Waals surface area (Å²) < 4.78 is 10.6. The number of thioether (sulfide) groups is 1. The number of methoxy groups -OCH3 is 2. The topological polar surface area (TPSA) is 30.5 Å². The Hall–Kier alpha value is -0.870. The second-order valence-corrected chi connectivity index (χ2v) is 4.15. The quantitative estimate of drug-likeness (QED) is 0.775. The summed E-state index contributed by atoms with van der Waals surface area (Å²) in [5, 5.41) is 3.32. The van der Waals surface area contributed by atoms with Crippen molar-refractivity contribution in [1.29, 1.82) is 0 Å². The second-order valence-electron chi connectivity index (χ2n) is 3.30. The molecule has 0 aromatic heterocycles. The number of ether oxygens (including phenoxy) is 2. The van der Waals surface area contributed by atoms with E-state index in [0.29, 0.717) is 0 Å². The molecule has 0 aliphatic carbocycles. The van der Waals surface area contributed by atoms with Crippen LogP contribution in [0.1, 0.15) is 12.5 Å². The predicted molar refractivity (Wildman–Crippen MR) is 68.7 cm³/mol.